The molecule has 0 bridgehead atoms. The highest BCUT2D eigenvalue weighted by Crippen LogP contribution is 2.40. The first-order chi connectivity index (χ1) is 12.3. The van der Waals surface area contributed by atoms with Crippen LogP contribution in [0.3, 0.4) is 0 Å². The lowest BCUT2D eigenvalue weighted by molar-refractivity contribution is 0.470. The van der Waals surface area contributed by atoms with Crippen LogP contribution in [-0.2, 0) is 0 Å². The third kappa shape index (κ3) is 2.38. The number of aromatic nitrogens is 5. The second-order valence-corrected chi connectivity index (χ2v) is 7.48. The SMILES string of the molecule is Nc1ncnc2c1c(Sc1c[nH]c3ccccc13)nn2C1CCCC1. The van der Waals surface area contributed by atoms with Gasteiger partial charge in [-0.3, -0.25) is 0 Å². The van der Waals surface area contributed by atoms with Crippen LogP contribution in [0.25, 0.3) is 21.9 Å². The molecule has 1 aliphatic carbocycles. The Morgan fingerprint density at radius 1 is 1.16 bits per heavy atom. The standard InChI is InChI=1S/C18H18N6S/c19-16-15-17(22-10-21-16)24(11-5-1-2-6-11)23-18(15)25-14-9-20-13-8-4-3-7-12(13)14/h3-4,7-11,20H,1-2,5-6H2,(H2,19,21,22). The number of hydrogen-bond acceptors (Lipinski definition) is 5. The average molecular weight is 350 g/mol. The number of aromatic amines is 1. The normalized spacial score (nSPS) is 15.5. The van der Waals surface area contributed by atoms with Crippen molar-refractivity contribution in [1.29, 1.82) is 0 Å². The van der Waals surface area contributed by atoms with Gasteiger partial charge >= 0.3 is 0 Å². The van der Waals surface area contributed by atoms with E-state index in [1.807, 2.05) is 18.3 Å². The summed E-state index contributed by atoms with van der Waals surface area (Å²) in [6, 6.07) is 8.68. The summed E-state index contributed by atoms with van der Waals surface area (Å²) in [7, 11) is 0. The minimum Gasteiger partial charge on any atom is -0.383 e. The molecule has 4 aromatic rings. The Morgan fingerprint density at radius 2 is 2.00 bits per heavy atom. The number of H-pyrrole nitrogens is 1. The van der Waals surface area contributed by atoms with Crippen LogP contribution in [0.2, 0.25) is 0 Å². The first-order valence-electron chi connectivity index (χ1n) is 8.54. The molecule has 25 heavy (non-hydrogen) atoms. The third-order valence-corrected chi connectivity index (χ3v) is 5.95. The van der Waals surface area contributed by atoms with E-state index in [0.29, 0.717) is 11.9 Å². The summed E-state index contributed by atoms with van der Waals surface area (Å²) in [6.45, 7) is 0. The molecule has 7 heteroatoms. The van der Waals surface area contributed by atoms with Crippen LogP contribution in [0.1, 0.15) is 31.7 Å². The zero-order valence-corrected chi connectivity index (χ0v) is 14.5. The number of nitrogens with two attached hydrogens (primary N) is 1. The fourth-order valence-electron chi connectivity index (χ4n) is 3.67. The van der Waals surface area contributed by atoms with Gasteiger partial charge in [-0.1, -0.05) is 42.8 Å². The summed E-state index contributed by atoms with van der Waals surface area (Å²) >= 11 is 1.62. The molecule has 5 rings (SSSR count). The van der Waals surface area contributed by atoms with Gasteiger partial charge in [-0.25, -0.2) is 14.6 Å². The zero-order valence-electron chi connectivity index (χ0n) is 13.6. The van der Waals surface area contributed by atoms with Crippen molar-refractivity contribution in [2.45, 2.75) is 41.6 Å². The Kier molecular flexibility index (Phi) is 3.41. The van der Waals surface area contributed by atoms with Crippen LogP contribution < -0.4 is 5.73 Å². The first kappa shape index (κ1) is 14.8. The molecule has 0 saturated heterocycles. The molecule has 0 aliphatic heterocycles. The van der Waals surface area contributed by atoms with Crippen molar-refractivity contribution in [3.8, 4) is 0 Å². The number of nitrogens with zero attached hydrogens (tertiary/aromatic N) is 4. The average Bonchev–Trinajstić information content (AvgIpc) is 3.35. The number of nitrogens with one attached hydrogen (secondary N) is 1. The van der Waals surface area contributed by atoms with Gasteiger partial charge in [0.25, 0.3) is 0 Å². The summed E-state index contributed by atoms with van der Waals surface area (Å²) in [6.07, 6.45) is 8.35. The smallest absolute Gasteiger partial charge is 0.164 e. The molecule has 6 nitrogen and oxygen atoms in total. The summed E-state index contributed by atoms with van der Waals surface area (Å²) in [5.74, 6) is 0.497. The number of anilines is 1. The molecule has 126 valence electrons. The minimum atomic E-state index is 0.411. The van der Waals surface area contributed by atoms with Crippen LogP contribution in [-0.4, -0.2) is 24.7 Å². The van der Waals surface area contributed by atoms with Crippen LogP contribution >= 0.6 is 11.8 Å². The van der Waals surface area contributed by atoms with Crippen molar-refractivity contribution < 1.29 is 0 Å². The van der Waals surface area contributed by atoms with Gasteiger partial charge in [-0.05, 0) is 18.9 Å². The molecule has 0 atom stereocenters. The number of hydrogen-bond donors (Lipinski definition) is 2. The van der Waals surface area contributed by atoms with Crippen molar-refractivity contribution in [3.05, 3.63) is 36.8 Å². The van der Waals surface area contributed by atoms with E-state index in [9.17, 15) is 0 Å². The van der Waals surface area contributed by atoms with E-state index in [1.54, 1.807) is 11.8 Å². The summed E-state index contributed by atoms with van der Waals surface area (Å²) in [5, 5.41) is 7.83. The second-order valence-electron chi connectivity index (χ2n) is 6.45. The highest BCUT2D eigenvalue weighted by Gasteiger charge is 2.24. The topological polar surface area (TPSA) is 85.4 Å². The third-order valence-electron chi connectivity index (χ3n) is 4.91. The second kappa shape index (κ2) is 5.77. The van der Waals surface area contributed by atoms with Crippen molar-refractivity contribution in [1.82, 2.24) is 24.7 Å². The highest BCUT2D eigenvalue weighted by atomic mass is 32.2. The predicted octanol–water partition coefficient (Wildman–Crippen LogP) is 4.16. The summed E-state index contributed by atoms with van der Waals surface area (Å²) < 4.78 is 2.07. The Morgan fingerprint density at radius 3 is 2.88 bits per heavy atom. The maximum atomic E-state index is 6.19. The fraction of sp³-hybridized carbons (Fsp3) is 0.278. The zero-order chi connectivity index (χ0) is 16.8. The van der Waals surface area contributed by atoms with Gasteiger partial charge in [-0.15, -0.1) is 0 Å². The van der Waals surface area contributed by atoms with Gasteiger partial charge in [0.15, 0.2) is 5.65 Å². The number of rotatable bonds is 3. The van der Waals surface area contributed by atoms with Gasteiger partial charge in [0.05, 0.1) is 11.4 Å². The molecule has 3 aromatic heterocycles. The van der Waals surface area contributed by atoms with E-state index in [2.05, 4.69) is 31.8 Å². The van der Waals surface area contributed by atoms with Crippen molar-refractivity contribution in [2.75, 3.05) is 5.73 Å². The van der Waals surface area contributed by atoms with Crippen molar-refractivity contribution in [2.24, 2.45) is 0 Å². The van der Waals surface area contributed by atoms with E-state index in [-0.39, 0.29) is 0 Å². The molecule has 1 saturated carbocycles. The lowest BCUT2D eigenvalue weighted by atomic mass is 10.2. The number of benzene rings is 1. The maximum Gasteiger partial charge on any atom is 0.164 e. The number of fused-ring (bicyclic) bond motifs is 2. The van der Waals surface area contributed by atoms with E-state index >= 15 is 0 Å². The molecule has 1 aliphatic rings. The van der Waals surface area contributed by atoms with Crippen molar-refractivity contribution >= 4 is 39.5 Å². The van der Waals surface area contributed by atoms with E-state index in [0.717, 1.165) is 39.3 Å². The molecule has 0 unspecified atom stereocenters. The van der Waals surface area contributed by atoms with Gasteiger partial charge in [-0.2, -0.15) is 5.10 Å². The lowest BCUT2D eigenvalue weighted by Crippen LogP contribution is -2.07. The van der Waals surface area contributed by atoms with Gasteiger partial charge in [0, 0.05) is 22.0 Å². The fourth-order valence-corrected chi connectivity index (χ4v) is 4.71. The predicted molar refractivity (Wildman–Crippen MR) is 99.7 cm³/mol. The Labute approximate surface area is 148 Å². The van der Waals surface area contributed by atoms with E-state index in [4.69, 9.17) is 10.8 Å². The number of nitrogen functional groups attached to an aromatic ring is 1. The van der Waals surface area contributed by atoms with Gasteiger partial charge in [0.1, 0.15) is 17.2 Å². The Bertz CT molecular complexity index is 1060. The molecule has 3 N–H and O–H groups in total. The molecule has 0 radical (unpaired) electrons. The van der Waals surface area contributed by atoms with Crippen LogP contribution in [0.4, 0.5) is 5.82 Å². The van der Waals surface area contributed by atoms with E-state index in [1.165, 1.54) is 24.6 Å². The minimum absolute atomic E-state index is 0.411. The van der Waals surface area contributed by atoms with Crippen LogP contribution in [0.15, 0.2) is 46.7 Å². The molecule has 1 aromatic carbocycles. The largest absolute Gasteiger partial charge is 0.383 e. The number of para-hydroxylation sites is 1. The quantitative estimate of drug-likeness (QED) is 0.579. The lowest BCUT2D eigenvalue weighted by Gasteiger charge is -2.09. The van der Waals surface area contributed by atoms with Gasteiger partial charge in [0.2, 0.25) is 0 Å². The van der Waals surface area contributed by atoms with Crippen LogP contribution in [0.5, 0.6) is 0 Å². The van der Waals surface area contributed by atoms with E-state index < -0.39 is 0 Å². The van der Waals surface area contributed by atoms with Crippen LogP contribution in [0, 0.1) is 0 Å². The molecule has 0 spiro atoms. The van der Waals surface area contributed by atoms with Gasteiger partial charge < -0.3 is 10.7 Å². The van der Waals surface area contributed by atoms with Crippen molar-refractivity contribution in [3.63, 3.8) is 0 Å². The molecular weight excluding hydrogens is 332 g/mol. The highest BCUT2D eigenvalue weighted by molar-refractivity contribution is 7.99. The monoisotopic (exact) mass is 350 g/mol. The Balaban J connectivity index is 1.65. The molecular formula is C18H18N6S. The maximum absolute atomic E-state index is 6.19. The molecule has 1 fully saturated rings. The molecule has 3 heterocycles. The summed E-state index contributed by atoms with van der Waals surface area (Å²) in [5.41, 5.74) is 8.15. The first-order valence-corrected chi connectivity index (χ1v) is 9.35. The summed E-state index contributed by atoms with van der Waals surface area (Å²) in [4.78, 5) is 13.1. The Hall–Kier alpha value is -2.54. The molecule has 0 amide bonds.